The van der Waals surface area contributed by atoms with Gasteiger partial charge in [0, 0.05) is 28.9 Å². The summed E-state index contributed by atoms with van der Waals surface area (Å²) in [5.74, 6) is 0.140. The highest BCUT2D eigenvalue weighted by molar-refractivity contribution is 6.01. The summed E-state index contributed by atoms with van der Waals surface area (Å²) in [4.78, 5) is 29.2. The van der Waals surface area contributed by atoms with Crippen molar-refractivity contribution < 1.29 is 14.0 Å². The van der Waals surface area contributed by atoms with Crippen LogP contribution >= 0.6 is 0 Å². The highest BCUT2D eigenvalue weighted by atomic mass is 19.1. The molecule has 3 aromatic rings. The molecular formula is C21H22FN5O2. The monoisotopic (exact) mass is 395 g/mol. The van der Waals surface area contributed by atoms with E-state index in [-0.39, 0.29) is 30.5 Å². The minimum absolute atomic E-state index is 0.0552. The molecule has 0 saturated heterocycles. The predicted molar refractivity (Wildman–Crippen MR) is 104 cm³/mol. The van der Waals surface area contributed by atoms with Gasteiger partial charge in [-0.25, -0.2) is 9.37 Å². The van der Waals surface area contributed by atoms with E-state index in [4.69, 9.17) is 0 Å². The maximum absolute atomic E-state index is 14.2. The lowest BCUT2D eigenvalue weighted by atomic mass is 9.92. The number of amides is 1. The minimum atomic E-state index is -0.275. The van der Waals surface area contributed by atoms with Crippen LogP contribution in [0.25, 0.3) is 0 Å². The van der Waals surface area contributed by atoms with Gasteiger partial charge in [0.05, 0.1) is 19.5 Å². The lowest BCUT2D eigenvalue weighted by molar-refractivity contribution is -0.120. The van der Waals surface area contributed by atoms with Crippen LogP contribution in [0, 0.1) is 12.7 Å². The molecule has 8 heteroatoms. The molecule has 150 valence electrons. The Morgan fingerprint density at radius 3 is 2.90 bits per heavy atom. The molecule has 1 aromatic carbocycles. The summed E-state index contributed by atoms with van der Waals surface area (Å²) in [5, 5.41) is 9.24. The lowest BCUT2D eigenvalue weighted by Gasteiger charge is -2.16. The topological polar surface area (TPSA) is 92.7 Å². The quantitative estimate of drug-likeness (QED) is 0.671. The lowest BCUT2D eigenvalue weighted by Crippen LogP contribution is -2.26. The van der Waals surface area contributed by atoms with Crippen LogP contribution in [-0.4, -0.2) is 31.4 Å². The molecule has 1 aliphatic carbocycles. The summed E-state index contributed by atoms with van der Waals surface area (Å²) >= 11 is 0. The van der Waals surface area contributed by atoms with Gasteiger partial charge in [0.2, 0.25) is 5.91 Å². The predicted octanol–water partition coefficient (Wildman–Crippen LogP) is 2.48. The van der Waals surface area contributed by atoms with Crippen molar-refractivity contribution in [1.29, 1.82) is 0 Å². The molecule has 0 unspecified atom stereocenters. The van der Waals surface area contributed by atoms with E-state index in [1.165, 1.54) is 12.4 Å². The van der Waals surface area contributed by atoms with Gasteiger partial charge in [-0.15, -0.1) is 0 Å². The Balaban J connectivity index is 1.63. The summed E-state index contributed by atoms with van der Waals surface area (Å²) in [6, 6.07) is 6.64. The molecule has 0 atom stereocenters. The van der Waals surface area contributed by atoms with Crippen molar-refractivity contribution in [3.8, 4) is 0 Å². The Kier molecular flexibility index (Phi) is 5.24. The van der Waals surface area contributed by atoms with Crippen LogP contribution in [0.5, 0.6) is 0 Å². The van der Waals surface area contributed by atoms with E-state index >= 15 is 0 Å². The van der Waals surface area contributed by atoms with Gasteiger partial charge in [-0.2, -0.15) is 5.10 Å². The number of carbonyl (C=O) groups is 2. The zero-order chi connectivity index (χ0) is 20.4. The zero-order valence-electron chi connectivity index (χ0n) is 16.2. The van der Waals surface area contributed by atoms with Crippen LogP contribution in [0.4, 0.5) is 4.39 Å². The molecule has 0 aliphatic heterocycles. The number of H-pyrrole nitrogens is 1. The van der Waals surface area contributed by atoms with Crippen LogP contribution in [0.15, 0.2) is 30.6 Å². The van der Waals surface area contributed by atoms with E-state index in [1.54, 1.807) is 18.2 Å². The number of fused-ring (bicyclic) bond motifs is 1. The second-order valence-corrected chi connectivity index (χ2v) is 7.23. The van der Waals surface area contributed by atoms with E-state index in [0.717, 1.165) is 29.8 Å². The molecule has 0 saturated carbocycles. The molecule has 2 heterocycles. The number of aromatic amines is 1. The fourth-order valence-corrected chi connectivity index (χ4v) is 3.93. The van der Waals surface area contributed by atoms with Gasteiger partial charge >= 0.3 is 0 Å². The second-order valence-electron chi connectivity index (χ2n) is 7.23. The third-order valence-corrected chi connectivity index (χ3v) is 5.40. The Morgan fingerprint density at radius 1 is 1.31 bits per heavy atom. The first-order valence-corrected chi connectivity index (χ1v) is 9.63. The van der Waals surface area contributed by atoms with Gasteiger partial charge in [0.1, 0.15) is 18.0 Å². The maximum atomic E-state index is 14.2. The molecule has 0 spiro atoms. The van der Waals surface area contributed by atoms with Crippen LogP contribution in [0.3, 0.4) is 0 Å². The standard InChI is InChI=1S/C21H22FN5O2/c1-13-15(9-20(29)23-10-19-24-12-25-26-19)21-17(7-4-8-18(21)28)27(13)11-14-5-2-3-6-16(14)22/h2-3,5-6,12H,4,7-11H2,1H3,(H,23,29)(H,24,25,26). The van der Waals surface area contributed by atoms with E-state index in [0.29, 0.717) is 29.9 Å². The van der Waals surface area contributed by atoms with Crippen LogP contribution in [0.1, 0.15) is 51.5 Å². The first-order chi connectivity index (χ1) is 14.0. The molecule has 1 aliphatic rings. The van der Waals surface area contributed by atoms with E-state index in [1.807, 2.05) is 11.5 Å². The highest BCUT2D eigenvalue weighted by Gasteiger charge is 2.29. The number of hydrogen-bond acceptors (Lipinski definition) is 4. The number of ketones is 1. The van der Waals surface area contributed by atoms with Crippen LogP contribution < -0.4 is 5.32 Å². The van der Waals surface area contributed by atoms with Gasteiger partial charge < -0.3 is 9.88 Å². The number of benzene rings is 1. The largest absolute Gasteiger partial charge is 0.349 e. The SMILES string of the molecule is Cc1c(CC(=O)NCc2ncn[nH]2)c2c(n1Cc1ccccc1F)CCCC2=O. The Morgan fingerprint density at radius 2 is 2.14 bits per heavy atom. The molecule has 0 radical (unpaired) electrons. The average molecular weight is 395 g/mol. The molecule has 0 fully saturated rings. The molecule has 0 bridgehead atoms. The van der Waals surface area contributed by atoms with Crippen molar-refractivity contribution in [1.82, 2.24) is 25.1 Å². The number of carbonyl (C=O) groups excluding carboxylic acids is 2. The number of Topliss-reactive ketones (excluding diaryl/α,β-unsaturated/α-hetero) is 1. The van der Waals surface area contributed by atoms with Gasteiger partial charge in [0.25, 0.3) is 0 Å². The van der Waals surface area contributed by atoms with Crippen molar-refractivity contribution in [3.05, 3.63) is 70.3 Å². The summed E-state index contributed by atoms with van der Waals surface area (Å²) in [5.41, 5.74) is 3.67. The Hall–Kier alpha value is -3.29. The number of hydrogen-bond donors (Lipinski definition) is 2. The molecule has 1 amide bonds. The number of aromatic nitrogens is 4. The van der Waals surface area contributed by atoms with Crippen molar-refractivity contribution in [2.75, 3.05) is 0 Å². The molecule has 2 aromatic heterocycles. The maximum Gasteiger partial charge on any atom is 0.224 e. The van der Waals surface area contributed by atoms with Gasteiger partial charge in [-0.1, -0.05) is 18.2 Å². The van der Waals surface area contributed by atoms with Crippen molar-refractivity contribution in [2.45, 2.75) is 45.7 Å². The molecule has 2 N–H and O–H groups in total. The Labute approximate surface area is 167 Å². The minimum Gasteiger partial charge on any atom is -0.349 e. The van der Waals surface area contributed by atoms with Gasteiger partial charge in [0.15, 0.2) is 5.78 Å². The number of halogens is 1. The van der Waals surface area contributed by atoms with Crippen LogP contribution in [-0.2, 0) is 30.7 Å². The summed E-state index contributed by atoms with van der Waals surface area (Å²) in [6.45, 7) is 2.48. The average Bonchev–Trinajstić information content (AvgIpc) is 3.31. The zero-order valence-corrected chi connectivity index (χ0v) is 16.2. The fraction of sp³-hybridized carbons (Fsp3) is 0.333. The third kappa shape index (κ3) is 3.83. The van der Waals surface area contributed by atoms with E-state index in [2.05, 4.69) is 20.5 Å². The molecule has 29 heavy (non-hydrogen) atoms. The molecule has 4 rings (SSSR count). The highest BCUT2D eigenvalue weighted by Crippen LogP contribution is 2.31. The fourth-order valence-electron chi connectivity index (χ4n) is 3.93. The molecular weight excluding hydrogens is 373 g/mol. The van der Waals surface area contributed by atoms with Gasteiger partial charge in [-0.05, 0) is 31.4 Å². The van der Waals surface area contributed by atoms with Crippen molar-refractivity contribution in [3.63, 3.8) is 0 Å². The first kappa shape index (κ1) is 19.0. The van der Waals surface area contributed by atoms with E-state index in [9.17, 15) is 14.0 Å². The van der Waals surface area contributed by atoms with Crippen LogP contribution in [0.2, 0.25) is 0 Å². The smallest absolute Gasteiger partial charge is 0.224 e. The first-order valence-electron chi connectivity index (χ1n) is 9.63. The van der Waals surface area contributed by atoms with E-state index < -0.39 is 0 Å². The summed E-state index contributed by atoms with van der Waals surface area (Å²) in [6.07, 6.45) is 3.46. The number of rotatable bonds is 6. The second kappa shape index (κ2) is 7.98. The van der Waals surface area contributed by atoms with Crippen molar-refractivity contribution >= 4 is 11.7 Å². The van der Waals surface area contributed by atoms with Crippen molar-refractivity contribution in [2.24, 2.45) is 0 Å². The third-order valence-electron chi connectivity index (χ3n) is 5.40. The Bertz CT molecular complexity index is 1060. The normalized spacial score (nSPS) is 13.4. The number of nitrogens with zero attached hydrogens (tertiary/aromatic N) is 3. The summed E-state index contributed by atoms with van der Waals surface area (Å²) in [7, 11) is 0. The molecule has 7 nitrogen and oxygen atoms in total. The van der Waals surface area contributed by atoms with Gasteiger partial charge in [-0.3, -0.25) is 14.7 Å². The summed E-state index contributed by atoms with van der Waals surface area (Å²) < 4.78 is 16.2. The number of nitrogens with one attached hydrogen (secondary N) is 2.